The normalized spacial score (nSPS) is 14.1. The Morgan fingerprint density at radius 3 is 2.21 bits per heavy atom. The number of halogens is 2. The van der Waals surface area contributed by atoms with Gasteiger partial charge in [0.05, 0.1) is 7.11 Å². The summed E-state index contributed by atoms with van der Waals surface area (Å²) in [7, 11) is 1.54. The number of carbonyl (C=O) groups excluding carboxylic acids is 2. The van der Waals surface area contributed by atoms with Gasteiger partial charge in [-0.2, -0.15) is 0 Å². The second-order valence-corrected chi connectivity index (χ2v) is 10.2. The van der Waals surface area contributed by atoms with Crippen LogP contribution >= 0.6 is 23.2 Å². The number of hydrogen-bond donors (Lipinski definition) is 1. The number of carbonyl (C=O) groups is 2. The first kappa shape index (κ1) is 27.8. The molecule has 4 rings (SSSR count). The molecule has 200 valence electrons. The summed E-state index contributed by atoms with van der Waals surface area (Å²) < 4.78 is 11.2. The first-order valence-electron chi connectivity index (χ1n) is 12.8. The molecule has 0 saturated heterocycles. The minimum Gasteiger partial charge on any atom is -0.493 e. The Balaban J connectivity index is 1.66. The highest BCUT2D eigenvalue weighted by molar-refractivity contribution is 6.36. The highest BCUT2D eigenvalue weighted by Crippen LogP contribution is 2.29. The molecule has 0 radical (unpaired) electrons. The monoisotopic (exact) mass is 554 g/mol. The van der Waals surface area contributed by atoms with Gasteiger partial charge in [-0.15, -0.1) is 0 Å². The van der Waals surface area contributed by atoms with Crippen molar-refractivity contribution in [2.45, 2.75) is 50.7 Å². The zero-order chi connectivity index (χ0) is 26.9. The molecule has 3 aromatic rings. The van der Waals surface area contributed by atoms with Crippen molar-refractivity contribution in [2.75, 3.05) is 13.7 Å². The molecule has 0 aliphatic heterocycles. The maximum absolute atomic E-state index is 13.8. The second kappa shape index (κ2) is 13.5. The number of methoxy groups -OCH3 is 1. The molecule has 8 heteroatoms. The quantitative estimate of drug-likeness (QED) is 0.312. The minimum atomic E-state index is -0.792. The van der Waals surface area contributed by atoms with Crippen molar-refractivity contribution in [2.24, 2.45) is 0 Å². The Hall–Kier alpha value is -3.22. The lowest BCUT2D eigenvalue weighted by Gasteiger charge is -2.32. The van der Waals surface area contributed by atoms with Gasteiger partial charge < -0.3 is 19.7 Å². The van der Waals surface area contributed by atoms with Gasteiger partial charge in [0.25, 0.3) is 5.91 Å². The van der Waals surface area contributed by atoms with Crippen molar-refractivity contribution in [3.8, 4) is 11.5 Å². The highest BCUT2D eigenvalue weighted by atomic mass is 35.5. The van der Waals surface area contributed by atoms with Crippen LogP contribution < -0.4 is 14.8 Å². The second-order valence-electron chi connectivity index (χ2n) is 9.36. The molecular weight excluding hydrogens is 523 g/mol. The summed E-state index contributed by atoms with van der Waals surface area (Å²) >= 11 is 13.0. The van der Waals surface area contributed by atoms with Crippen LogP contribution in [0.5, 0.6) is 11.5 Å². The van der Waals surface area contributed by atoms with Crippen molar-refractivity contribution in [1.29, 1.82) is 0 Å². The van der Waals surface area contributed by atoms with Gasteiger partial charge in [-0.05, 0) is 42.7 Å². The Labute approximate surface area is 233 Å². The highest BCUT2D eigenvalue weighted by Gasteiger charge is 2.33. The van der Waals surface area contributed by atoms with E-state index in [1.54, 1.807) is 43.5 Å². The molecule has 1 N–H and O–H groups in total. The Morgan fingerprint density at radius 1 is 0.921 bits per heavy atom. The lowest BCUT2D eigenvalue weighted by molar-refractivity contribution is -0.143. The summed E-state index contributed by atoms with van der Waals surface area (Å²) in [5.74, 6) is 0.388. The van der Waals surface area contributed by atoms with Crippen molar-refractivity contribution in [3.05, 3.63) is 94.0 Å². The number of ether oxygens (including phenoxy) is 2. The first-order chi connectivity index (χ1) is 18.5. The summed E-state index contributed by atoms with van der Waals surface area (Å²) in [6.07, 6.45) is 4.37. The SMILES string of the molecule is COc1ccccc1OCC(=O)N(Cc1c(Cl)cccc1Cl)[C@H](Cc1ccccc1)C(=O)NC1CCCC1. The van der Waals surface area contributed by atoms with E-state index in [0.717, 1.165) is 31.2 Å². The van der Waals surface area contributed by atoms with E-state index in [2.05, 4.69) is 5.32 Å². The molecule has 1 saturated carbocycles. The number of benzene rings is 3. The van der Waals surface area contributed by atoms with E-state index in [9.17, 15) is 9.59 Å². The molecule has 38 heavy (non-hydrogen) atoms. The van der Waals surface area contributed by atoms with Gasteiger partial charge in [0, 0.05) is 34.6 Å². The van der Waals surface area contributed by atoms with Crippen LogP contribution in [-0.4, -0.2) is 42.5 Å². The molecule has 0 bridgehead atoms. The van der Waals surface area contributed by atoms with E-state index < -0.39 is 6.04 Å². The molecule has 0 heterocycles. The van der Waals surface area contributed by atoms with Crippen LogP contribution in [0, 0.1) is 0 Å². The van der Waals surface area contributed by atoms with E-state index in [0.29, 0.717) is 33.5 Å². The van der Waals surface area contributed by atoms with E-state index in [1.807, 2.05) is 36.4 Å². The summed E-state index contributed by atoms with van der Waals surface area (Å²) in [5.41, 5.74) is 1.51. The maximum atomic E-state index is 13.8. The average molecular weight is 556 g/mol. The van der Waals surface area contributed by atoms with Crippen LogP contribution in [0.25, 0.3) is 0 Å². The maximum Gasteiger partial charge on any atom is 0.261 e. The molecule has 1 aliphatic rings. The molecule has 1 atom stereocenters. The minimum absolute atomic E-state index is 0.0577. The summed E-state index contributed by atoms with van der Waals surface area (Å²) in [4.78, 5) is 29.1. The number of rotatable bonds is 11. The third-order valence-electron chi connectivity index (χ3n) is 6.78. The molecule has 0 unspecified atom stereocenters. The zero-order valence-electron chi connectivity index (χ0n) is 21.4. The predicted molar refractivity (Wildman–Crippen MR) is 150 cm³/mol. The number of para-hydroxylation sites is 2. The molecule has 3 aromatic carbocycles. The lowest BCUT2D eigenvalue weighted by Crippen LogP contribution is -2.53. The van der Waals surface area contributed by atoms with Gasteiger partial charge in [0.15, 0.2) is 18.1 Å². The van der Waals surface area contributed by atoms with E-state index in [4.69, 9.17) is 32.7 Å². The smallest absolute Gasteiger partial charge is 0.261 e. The molecule has 1 aliphatic carbocycles. The summed E-state index contributed by atoms with van der Waals surface area (Å²) in [5, 5.41) is 4.03. The fourth-order valence-electron chi connectivity index (χ4n) is 4.74. The Kier molecular flexibility index (Phi) is 9.91. The topological polar surface area (TPSA) is 67.9 Å². The van der Waals surface area contributed by atoms with Crippen molar-refractivity contribution >= 4 is 35.0 Å². The van der Waals surface area contributed by atoms with Crippen LogP contribution in [0.2, 0.25) is 10.0 Å². The van der Waals surface area contributed by atoms with Crippen LogP contribution in [-0.2, 0) is 22.6 Å². The van der Waals surface area contributed by atoms with Gasteiger partial charge in [0.1, 0.15) is 6.04 Å². The van der Waals surface area contributed by atoms with E-state index in [1.165, 1.54) is 4.90 Å². The Morgan fingerprint density at radius 2 is 1.55 bits per heavy atom. The van der Waals surface area contributed by atoms with E-state index in [-0.39, 0.29) is 31.0 Å². The zero-order valence-corrected chi connectivity index (χ0v) is 22.9. The van der Waals surface area contributed by atoms with Gasteiger partial charge in [-0.1, -0.05) is 84.6 Å². The number of nitrogens with one attached hydrogen (secondary N) is 1. The van der Waals surface area contributed by atoms with Crippen LogP contribution in [0.4, 0.5) is 0 Å². The fraction of sp³-hybridized carbons (Fsp3) is 0.333. The molecule has 2 amide bonds. The van der Waals surface area contributed by atoms with Crippen molar-refractivity contribution in [3.63, 3.8) is 0 Å². The van der Waals surface area contributed by atoms with Crippen LogP contribution in [0.1, 0.15) is 36.8 Å². The van der Waals surface area contributed by atoms with E-state index >= 15 is 0 Å². The van der Waals surface area contributed by atoms with Crippen molar-refractivity contribution < 1.29 is 19.1 Å². The average Bonchev–Trinajstić information content (AvgIpc) is 3.44. The summed E-state index contributed by atoms with van der Waals surface area (Å²) in [6.45, 7) is -0.230. The fourth-order valence-corrected chi connectivity index (χ4v) is 5.25. The standard InChI is InChI=1S/C30H32Cl2N2O4/c1-37-27-16-7-8-17-28(27)38-20-29(35)34(19-23-24(31)14-9-15-25(23)32)26(18-21-10-3-2-4-11-21)30(36)33-22-12-5-6-13-22/h2-4,7-11,14-17,22,26H,5-6,12-13,18-20H2,1H3,(H,33,36)/t26-/m1/s1. The van der Waals surface area contributed by atoms with Crippen LogP contribution in [0.15, 0.2) is 72.8 Å². The Bertz CT molecular complexity index is 1210. The van der Waals surface area contributed by atoms with Crippen molar-refractivity contribution in [1.82, 2.24) is 10.2 Å². The first-order valence-corrected chi connectivity index (χ1v) is 13.5. The van der Waals surface area contributed by atoms with Gasteiger partial charge in [0.2, 0.25) is 5.91 Å². The number of amides is 2. The largest absolute Gasteiger partial charge is 0.493 e. The van der Waals surface area contributed by atoms with Gasteiger partial charge in [-0.3, -0.25) is 9.59 Å². The number of hydrogen-bond acceptors (Lipinski definition) is 4. The molecular formula is C30H32Cl2N2O4. The molecule has 1 fully saturated rings. The summed E-state index contributed by atoms with van der Waals surface area (Å²) in [6, 6.07) is 21.3. The third-order valence-corrected chi connectivity index (χ3v) is 7.49. The number of nitrogens with zero attached hydrogens (tertiary/aromatic N) is 1. The van der Waals surface area contributed by atoms with Gasteiger partial charge in [-0.25, -0.2) is 0 Å². The van der Waals surface area contributed by atoms with Crippen LogP contribution in [0.3, 0.4) is 0 Å². The predicted octanol–water partition coefficient (Wildman–Crippen LogP) is 6.08. The van der Waals surface area contributed by atoms with Gasteiger partial charge >= 0.3 is 0 Å². The lowest BCUT2D eigenvalue weighted by atomic mass is 10.0. The molecule has 6 nitrogen and oxygen atoms in total. The molecule has 0 aromatic heterocycles. The third kappa shape index (κ3) is 7.21. The molecule has 0 spiro atoms.